The Balaban J connectivity index is 2.37. The maximum atomic E-state index is 12.5. The molecule has 158 valence electrons. The second kappa shape index (κ2) is 9.99. The van der Waals surface area contributed by atoms with Gasteiger partial charge in [0, 0.05) is 12.5 Å². The number of aliphatic hydroxyl groups excluding tert-OH is 2. The molecule has 29 heavy (non-hydrogen) atoms. The van der Waals surface area contributed by atoms with Crippen molar-refractivity contribution in [3.63, 3.8) is 0 Å². The maximum Gasteiger partial charge on any atom is 0.312 e. The fourth-order valence-corrected chi connectivity index (χ4v) is 3.26. The molecule has 0 amide bonds. The lowest BCUT2D eigenvalue weighted by molar-refractivity contribution is -0.153. The van der Waals surface area contributed by atoms with Crippen LogP contribution in [-0.4, -0.2) is 54.3 Å². The van der Waals surface area contributed by atoms with E-state index in [1.165, 1.54) is 45.6 Å². The van der Waals surface area contributed by atoms with E-state index in [1.807, 2.05) is 0 Å². The van der Waals surface area contributed by atoms with Crippen LogP contribution in [0.2, 0.25) is 0 Å². The molecule has 2 rings (SSSR count). The zero-order chi connectivity index (χ0) is 21.6. The molecule has 0 bridgehead atoms. The van der Waals surface area contributed by atoms with Crippen LogP contribution in [0.25, 0.3) is 0 Å². The number of aromatic hydroxyl groups is 2. The van der Waals surface area contributed by atoms with Gasteiger partial charge in [-0.2, -0.15) is 0 Å². The smallest absolute Gasteiger partial charge is 0.312 e. The first-order valence-electron chi connectivity index (χ1n) is 8.95. The van der Waals surface area contributed by atoms with Crippen LogP contribution in [-0.2, 0) is 16.0 Å². The standard InChI is InChI=1S/C21H26O8/c1-27-17-9-12(4-6-15(17)23)8-14(11-22)19(21(26)29-3)20(25)13-5-7-16(24)18(10-13)28-2/h4-7,9-10,14,19-20,22-25H,8,11H2,1-3H3/t14-,19-,20-/m0/s1. The van der Waals surface area contributed by atoms with Crippen molar-refractivity contribution in [1.29, 1.82) is 0 Å². The van der Waals surface area contributed by atoms with E-state index in [2.05, 4.69) is 0 Å². The van der Waals surface area contributed by atoms with Crippen LogP contribution < -0.4 is 9.47 Å². The Morgan fingerprint density at radius 3 is 2.10 bits per heavy atom. The van der Waals surface area contributed by atoms with Gasteiger partial charge in [-0.05, 0) is 41.8 Å². The largest absolute Gasteiger partial charge is 0.504 e. The summed E-state index contributed by atoms with van der Waals surface area (Å²) in [7, 11) is 4.00. The number of phenolic OH excluding ortho intramolecular Hbond substituents is 2. The van der Waals surface area contributed by atoms with E-state index in [0.29, 0.717) is 11.1 Å². The first-order valence-corrected chi connectivity index (χ1v) is 8.95. The molecule has 0 aliphatic carbocycles. The quantitative estimate of drug-likeness (QED) is 0.465. The van der Waals surface area contributed by atoms with Gasteiger partial charge < -0.3 is 34.6 Å². The molecule has 0 heterocycles. The van der Waals surface area contributed by atoms with Crippen molar-refractivity contribution in [3.8, 4) is 23.0 Å². The molecule has 0 aliphatic heterocycles. The van der Waals surface area contributed by atoms with E-state index in [0.717, 1.165) is 0 Å². The van der Waals surface area contributed by atoms with Gasteiger partial charge in [0.1, 0.15) is 0 Å². The molecule has 0 saturated carbocycles. The fourth-order valence-electron chi connectivity index (χ4n) is 3.26. The number of esters is 1. The summed E-state index contributed by atoms with van der Waals surface area (Å²) in [6.07, 6.45) is -1.09. The van der Waals surface area contributed by atoms with Crippen molar-refractivity contribution in [2.45, 2.75) is 12.5 Å². The van der Waals surface area contributed by atoms with Gasteiger partial charge in [-0.1, -0.05) is 12.1 Å². The Morgan fingerprint density at radius 1 is 0.966 bits per heavy atom. The zero-order valence-electron chi connectivity index (χ0n) is 16.5. The van der Waals surface area contributed by atoms with Gasteiger partial charge in [-0.15, -0.1) is 0 Å². The number of aliphatic hydroxyl groups is 2. The monoisotopic (exact) mass is 406 g/mol. The number of phenols is 2. The Morgan fingerprint density at radius 2 is 1.55 bits per heavy atom. The average molecular weight is 406 g/mol. The average Bonchev–Trinajstić information content (AvgIpc) is 2.74. The van der Waals surface area contributed by atoms with Crippen molar-refractivity contribution in [1.82, 2.24) is 0 Å². The predicted molar refractivity (Wildman–Crippen MR) is 104 cm³/mol. The Labute approximate surface area is 168 Å². The van der Waals surface area contributed by atoms with Gasteiger partial charge in [0.2, 0.25) is 0 Å². The SMILES string of the molecule is COC(=O)[C@@H]([C@H](CO)Cc1ccc(O)c(OC)c1)[C@@H](O)c1ccc(O)c(OC)c1. The second-order valence-electron chi connectivity index (χ2n) is 6.58. The highest BCUT2D eigenvalue weighted by molar-refractivity contribution is 5.74. The molecule has 8 heteroatoms. The van der Waals surface area contributed by atoms with E-state index >= 15 is 0 Å². The molecular formula is C21H26O8. The first-order chi connectivity index (χ1) is 13.9. The number of carbonyl (C=O) groups excluding carboxylic acids is 1. The number of carbonyl (C=O) groups is 1. The Bertz CT molecular complexity index is 835. The van der Waals surface area contributed by atoms with Gasteiger partial charge in [0.05, 0.1) is 33.4 Å². The molecule has 8 nitrogen and oxygen atoms in total. The zero-order valence-corrected chi connectivity index (χ0v) is 16.5. The van der Waals surface area contributed by atoms with Crippen LogP contribution in [0.3, 0.4) is 0 Å². The van der Waals surface area contributed by atoms with Crippen molar-refractivity contribution in [2.24, 2.45) is 11.8 Å². The van der Waals surface area contributed by atoms with Crippen LogP contribution >= 0.6 is 0 Å². The third kappa shape index (κ3) is 5.10. The topological polar surface area (TPSA) is 126 Å². The van der Waals surface area contributed by atoms with Gasteiger partial charge in [0.25, 0.3) is 0 Å². The number of rotatable bonds is 9. The molecule has 0 spiro atoms. The normalized spacial score (nSPS) is 14.0. The van der Waals surface area contributed by atoms with E-state index < -0.39 is 30.5 Å². The third-order valence-electron chi connectivity index (χ3n) is 4.84. The summed E-state index contributed by atoms with van der Waals surface area (Å²) in [4.78, 5) is 12.5. The number of methoxy groups -OCH3 is 3. The minimum atomic E-state index is -1.31. The molecule has 4 N–H and O–H groups in total. The van der Waals surface area contributed by atoms with Gasteiger partial charge in [-0.3, -0.25) is 4.79 Å². The fraction of sp³-hybridized carbons (Fsp3) is 0.381. The molecule has 0 radical (unpaired) electrons. The predicted octanol–water partition coefficient (Wildman–Crippen LogP) is 1.79. The minimum Gasteiger partial charge on any atom is -0.504 e. The van der Waals surface area contributed by atoms with Crippen molar-refractivity contribution in [3.05, 3.63) is 47.5 Å². The van der Waals surface area contributed by atoms with E-state index in [4.69, 9.17) is 14.2 Å². The third-order valence-corrected chi connectivity index (χ3v) is 4.84. The van der Waals surface area contributed by atoms with Crippen LogP contribution in [0, 0.1) is 11.8 Å². The molecule has 0 saturated heterocycles. The van der Waals surface area contributed by atoms with Crippen LogP contribution in [0.4, 0.5) is 0 Å². The lowest BCUT2D eigenvalue weighted by Gasteiger charge is -2.28. The first kappa shape index (κ1) is 22.3. The Kier molecular flexibility index (Phi) is 7.69. The summed E-state index contributed by atoms with van der Waals surface area (Å²) < 4.78 is 15.0. The summed E-state index contributed by atoms with van der Waals surface area (Å²) in [5, 5.41) is 40.4. The number of ether oxygens (including phenoxy) is 3. The molecular weight excluding hydrogens is 380 g/mol. The summed E-state index contributed by atoms with van der Waals surface area (Å²) in [6.45, 7) is -0.394. The maximum absolute atomic E-state index is 12.5. The molecule has 3 atom stereocenters. The summed E-state index contributed by atoms with van der Waals surface area (Å²) in [5.41, 5.74) is 1.03. The van der Waals surface area contributed by atoms with Gasteiger partial charge in [0.15, 0.2) is 23.0 Å². The minimum absolute atomic E-state index is 0.0301. The second-order valence-corrected chi connectivity index (χ2v) is 6.58. The van der Waals surface area contributed by atoms with Crippen molar-refractivity contribution >= 4 is 5.97 Å². The van der Waals surface area contributed by atoms with Crippen LogP contribution in [0.15, 0.2) is 36.4 Å². The van der Waals surface area contributed by atoms with E-state index in [1.54, 1.807) is 12.1 Å². The molecule has 2 aromatic carbocycles. The number of hydrogen-bond donors (Lipinski definition) is 4. The molecule has 0 fully saturated rings. The van der Waals surface area contributed by atoms with Crippen molar-refractivity contribution < 1.29 is 39.4 Å². The highest BCUT2D eigenvalue weighted by Gasteiger charge is 2.36. The lowest BCUT2D eigenvalue weighted by atomic mass is 9.81. The van der Waals surface area contributed by atoms with Gasteiger partial charge >= 0.3 is 5.97 Å². The molecule has 0 aromatic heterocycles. The summed E-state index contributed by atoms with van der Waals surface area (Å²) in [5.74, 6) is -2.18. The van der Waals surface area contributed by atoms with Crippen molar-refractivity contribution in [2.75, 3.05) is 27.9 Å². The van der Waals surface area contributed by atoms with Crippen LogP contribution in [0.5, 0.6) is 23.0 Å². The van der Waals surface area contributed by atoms with E-state index in [-0.39, 0.29) is 29.4 Å². The van der Waals surface area contributed by atoms with Crippen LogP contribution in [0.1, 0.15) is 17.2 Å². The van der Waals surface area contributed by atoms with E-state index in [9.17, 15) is 25.2 Å². The highest BCUT2D eigenvalue weighted by Crippen LogP contribution is 2.36. The van der Waals surface area contributed by atoms with Gasteiger partial charge in [-0.25, -0.2) is 0 Å². The Hall–Kier alpha value is -2.97. The lowest BCUT2D eigenvalue weighted by Crippen LogP contribution is -2.34. The highest BCUT2D eigenvalue weighted by atomic mass is 16.5. The number of benzene rings is 2. The summed E-state index contributed by atoms with van der Waals surface area (Å²) >= 11 is 0. The molecule has 2 aromatic rings. The molecule has 0 aliphatic rings. The molecule has 0 unspecified atom stereocenters. The number of hydrogen-bond acceptors (Lipinski definition) is 8. The summed E-state index contributed by atoms with van der Waals surface area (Å²) in [6, 6.07) is 8.94.